The standard InChI is InChI=1S/C18H26F2N2O4/c1-12(13-7-5-8-14(11-13)25-16(19)20)22-15(23)9-6-10-21-17(24)26-18(2,3)4/h5,7-8,11-12,16H,6,9-10H2,1-4H3,(H,21,24)(H,22,23). The van der Waals surface area contributed by atoms with Gasteiger partial charge in [0.2, 0.25) is 5.91 Å². The van der Waals surface area contributed by atoms with Crippen LogP contribution in [0.3, 0.4) is 0 Å². The Labute approximate surface area is 152 Å². The van der Waals surface area contributed by atoms with Crippen LogP contribution in [0.1, 0.15) is 52.1 Å². The zero-order valence-corrected chi connectivity index (χ0v) is 15.5. The van der Waals surface area contributed by atoms with Gasteiger partial charge in [-0.1, -0.05) is 12.1 Å². The quantitative estimate of drug-likeness (QED) is 0.681. The van der Waals surface area contributed by atoms with E-state index < -0.39 is 18.3 Å². The number of hydrogen-bond acceptors (Lipinski definition) is 4. The Hall–Kier alpha value is -2.38. The molecule has 2 amide bonds. The van der Waals surface area contributed by atoms with Gasteiger partial charge in [0.05, 0.1) is 6.04 Å². The molecule has 0 heterocycles. The topological polar surface area (TPSA) is 76.7 Å². The van der Waals surface area contributed by atoms with E-state index in [4.69, 9.17) is 4.74 Å². The second kappa shape index (κ2) is 9.94. The lowest BCUT2D eigenvalue weighted by Gasteiger charge is -2.19. The minimum absolute atomic E-state index is 0.0418. The van der Waals surface area contributed by atoms with Crippen LogP contribution >= 0.6 is 0 Å². The highest BCUT2D eigenvalue weighted by Crippen LogP contribution is 2.20. The van der Waals surface area contributed by atoms with Gasteiger partial charge in [-0.25, -0.2) is 4.79 Å². The Morgan fingerprint density at radius 3 is 2.54 bits per heavy atom. The first-order chi connectivity index (χ1) is 12.1. The number of rotatable bonds is 8. The van der Waals surface area contributed by atoms with Crippen molar-refractivity contribution in [2.24, 2.45) is 0 Å². The van der Waals surface area contributed by atoms with Crippen LogP contribution in [-0.4, -0.2) is 30.8 Å². The zero-order chi connectivity index (χ0) is 19.7. The first-order valence-electron chi connectivity index (χ1n) is 8.38. The molecule has 8 heteroatoms. The van der Waals surface area contributed by atoms with Crippen molar-refractivity contribution in [2.75, 3.05) is 6.54 Å². The Bertz CT molecular complexity index is 603. The zero-order valence-electron chi connectivity index (χ0n) is 15.5. The summed E-state index contributed by atoms with van der Waals surface area (Å²) < 4.78 is 33.9. The van der Waals surface area contributed by atoms with Crippen molar-refractivity contribution in [1.82, 2.24) is 10.6 Å². The van der Waals surface area contributed by atoms with Crippen LogP contribution in [0.15, 0.2) is 24.3 Å². The molecule has 1 unspecified atom stereocenters. The van der Waals surface area contributed by atoms with Gasteiger partial charge in [0.1, 0.15) is 11.4 Å². The summed E-state index contributed by atoms with van der Waals surface area (Å²) in [7, 11) is 0. The number of halogens is 2. The molecule has 0 radical (unpaired) electrons. The lowest BCUT2D eigenvalue weighted by molar-refractivity contribution is -0.121. The molecule has 6 nitrogen and oxygen atoms in total. The molecular formula is C18H26F2N2O4. The summed E-state index contributed by atoms with van der Waals surface area (Å²) in [6, 6.07) is 5.82. The molecule has 0 aromatic heterocycles. The maximum atomic E-state index is 12.3. The smallest absolute Gasteiger partial charge is 0.407 e. The number of alkyl carbamates (subject to hydrolysis) is 1. The lowest BCUT2D eigenvalue weighted by Crippen LogP contribution is -2.33. The van der Waals surface area contributed by atoms with Crippen molar-refractivity contribution in [3.05, 3.63) is 29.8 Å². The fraction of sp³-hybridized carbons (Fsp3) is 0.556. The van der Waals surface area contributed by atoms with E-state index in [1.54, 1.807) is 39.8 Å². The molecule has 0 saturated heterocycles. The van der Waals surface area contributed by atoms with Gasteiger partial charge in [-0.15, -0.1) is 0 Å². The van der Waals surface area contributed by atoms with Gasteiger partial charge < -0.3 is 20.1 Å². The molecule has 0 aliphatic carbocycles. The molecule has 0 bridgehead atoms. The number of nitrogens with one attached hydrogen (secondary N) is 2. The average molecular weight is 372 g/mol. The summed E-state index contributed by atoms with van der Waals surface area (Å²) in [6.45, 7) is 4.47. The molecule has 2 N–H and O–H groups in total. The predicted octanol–water partition coefficient (Wildman–Crippen LogP) is 3.77. The van der Waals surface area contributed by atoms with E-state index in [1.165, 1.54) is 12.1 Å². The monoisotopic (exact) mass is 372 g/mol. The minimum Gasteiger partial charge on any atom is -0.444 e. The molecule has 26 heavy (non-hydrogen) atoms. The van der Waals surface area contributed by atoms with Crippen LogP contribution in [0.25, 0.3) is 0 Å². The number of carbonyl (C=O) groups excluding carboxylic acids is 2. The second-order valence-electron chi connectivity index (χ2n) is 6.77. The summed E-state index contributed by atoms with van der Waals surface area (Å²) in [4.78, 5) is 23.4. The largest absolute Gasteiger partial charge is 0.444 e. The van der Waals surface area contributed by atoms with Gasteiger partial charge >= 0.3 is 12.7 Å². The molecule has 1 rings (SSSR count). The van der Waals surface area contributed by atoms with Crippen LogP contribution in [0, 0.1) is 0 Å². The van der Waals surface area contributed by atoms with E-state index >= 15 is 0 Å². The van der Waals surface area contributed by atoms with Gasteiger partial charge in [-0.05, 0) is 51.8 Å². The lowest BCUT2D eigenvalue weighted by atomic mass is 10.1. The molecule has 1 aromatic carbocycles. The number of ether oxygens (including phenoxy) is 2. The number of benzene rings is 1. The molecular weight excluding hydrogens is 346 g/mol. The summed E-state index contributed by atoms with van der Waals surface area (Å²) in [5, 5.41) is 5.35. The SMILES string of the molecule is CC(NC(=O)CCCNC(=O)OC(C)(C)C)c1cccc(OC(F)F)c1. The van der Waals surface area contributed by atoms with Gasteiger partial charge in [-0.2, -0.15) is 8.78 Å². The summed E-state index contributed by atoms with van der Waals surface area (Å²) in [5.74, 6) is -0.163. The van der Waals surface area contributed by atoms with Crippen LogP contribution in [0.4, 0.5) is 13.6 Å². The number of hydrogen-bond donors (Lipinski definition) is 2. The number of carbonyl (C=O) groups is 2. The van der Waals surface area contributed by atoms with Crippen molar-refractivity contribution < 1.29 is 27.8 Å². The molecule has 0 aliphatic rings. The van der Waals surface area contributed by atoms with Crippen molar-refractivity contribution >= 4 is 12.0 Å². The first-order valence-corrected chi connectivity index (χ1v) is 8.38. The van der Waals surface area contributed by atoms with E-state index in [2.05, 4.69) is 15.4 Å². The van der Waals surface area contributed by atoms with Crippen molar-refractivity contribution in [3.63, 3.8) is 0 Å². The predicted molar refractivity (Wildman–Crippen MR) is 93.1 cm³/mol. The van der Waals surface area contributed by atoms with Gasteiger partial charge in [0.25, 0.3) is 0 Å². The first kappa shape index (κ1) is 21.7. The third-order valence-corrected chi connectivity index (χ3v) is 3.21. The number of amides is 2. The van der Waals surface area contributed by atoms with Crippen molar-refractivity contribution in [1.29, 1.82) is 0 Å². The highest BCUT2D eigenvalue weighted by atomic mass is 19.3. The van der Waals surface area contributed by atoms with Gasteiger partial charge in [0, 0.05) is 13.0 Å². The van der Waals surface area contributed by atoms with E-state index in [-0.39, 0.29) is 24.1 Å². The molecule has 146 valence electrons. The van der Waals surface area contributed by atoms with Crippen molar-refractivity contribution in [2.45, 2.75) is 58.8 Å². The van der Waals surface area contributed by atoms with Crippen LogP contribution < -0.4 is 15.4 Å². The van der Waals surface area contributed by atoms with E-state index in [0.29, 0.717) is 18.5 Å². The molecule has 1 aromatic rings. The van der Waals surface area contributed by atoms with Crippen molar-refractivity contribution in [3.8, 4) is 5.75 Å². The average Bonchev–Trinajstić information content (AvgIpc) is 2.49. The summed E-state index contributed by atoms with van der Waals surface area (Å²) >= 11 is 0. The Balaban J connectivity index is 2.35. The Kier molecular flexibility index (Phi) is 8.28. The van der Waals surface area contributed by atoms with Gasteiger partial charge in [0.15, 0.2) is 0 Å². The minimum atomic E-state index is -2.90. The molecule has 0 aliphatic heterocycles. The van der Waals surface area contributed by atoms with Gasteiger partial charge in [-0.3, -0.25) is 4.79 Å². The third-order valence-electron chi connectivity index (χ3n) is 3.21. The summed E-state index contributed by atoms with van der Waals surface area (Å²) in [6.07, 6.45) is 0.141. The molecule has 0 fully saturated rings. The van der Waals surface area contributed by atoms with Crippen LogP contribution in [0.5, 0.6) is 5.75 Å². The maximum Gasteiger partial charge on any atom is 0.407 e. The van der Waals surface area contributed by atoms with Crippen LogP contribution in [-0.2, 0) is 9.53 Å². The number of alkyl halides is 2. The van der Waals surface area contributed by atoms with E-state index in [9.17, 15) is 18.4 Å². The highest BCUT2D eigenvalue weighted by molar-refractivity contribution is 5.76. The normalized spacial score (nSPS) is 12.4. The highest BCUT2D eigenvalue weighted by Gasteiger charge is 2.16. The maximum absolute atomic E-state index is 12.3. The van der Waals surface area contributed by atoms with E-state index in [1.807, 2.05) is 0 Å². The van der Waals surface area contributed by atoms with E-state index in [0.717, 1.165) is 0 Å². The Morgan fingerprint density at radius 2 is 1.92 bits per heavy atom. The fourth-order valence-corrected chi connectivity index (χ4v) is 2.11. The fourth-order valence-electron chi connectivity index (χ4n) is 2.11. The molecule has 0 spiro atoms. The summed E-state index contributed by atoms with van der Waals surface area (Å²) in [5.41, 5.74) is 0.0859. The Morgan fingerprint density at radius 1 is 1.23 bits per heavy atom. The third kappa shape index (κ3) is 9.19. The molecule has 0 saturated carbocycles. The second-order valence-corrected chi connectivity index (χ2v) is 6.77. The van der Waals surface area contributed by atoms with Crippen LogP contribution in [0.2, 0.25) is 0 Å². The molecule has 1 atom stereocenters.